The number of aromatic nitrogens is 2. The Balaban J connectivity index is 1.80. The molecule has 16 heavy (non-hydrogen) atoms. The lowest BCUT2D eigenvalue weighted by atomic mass is 10.3. The molecule has 7 heteroatoms. The van der Waals surface area contributed by atoms with Crippen LogP contribution in [0.15, 0.2) is 22.8 Å². The van der Waals surface area contributed by atoms with E-state index in [-0.39, 0.29) is 16.0 Å². The predicted molar refractivity (Wildman–Crippen MR) is 59.1 cm³/mol. The average Bonchev–Trinajstić information content (AvgIpc) is 2.89. The number of nitrogens with one attached hydrogen (secondary N) is 1. The summed E-state index contributed by atoms with van der Waals surface area (Å²) in [7, 11) is 0. The van der Waals surface area contributed by atoms with E-state index in [1.807, 2.05) is 12.1 Å². The van der Waals surface area contributed by atoms with Gasteiger partial charge in [-0.05, 0) is 12.1 Å². The van der Waals surface area contributed by atoms with Crippen LogP contribution in [0, 0.1) is 0 Å². The van der Waals surface area contributed by atoms with Crippen molar-refractivity contribution in [1.82, 2.24) is 15.5 Å². The molecule has 0 aliphatic heterocycles. The van der Waals surface area contributed by atoms with E-state index >= 15 is 0 Å². The number of carbonyl (C=O) groups excluding carboxylic acids is 1. The van der Waals surface area contributed by atoms with Gasteiger partial charge in [-0.2, -0.15) is 0 Å². The maximum atomic E-state index is 11.5. The van der Waals surface area contributed by atoms with Gasteiger partial charge in [-0.25, -0.2) is 0 Å². The van der Waals surface area contributed by atoms with Crippen LogP contribution >= 0.6 is 11.3 Å². The van der Waals surface area contributed by atoms with Crippen molar-refractivity contribution in [2.24, 2.45) is 0 Å². The van der Waals surface area contributed by atoms with E-state index in [0.717, 1.165) is 17.1 Å². The van der Waals surface area contributed by atoms with Crippen LogP contribution in [0.2, 0.25) is 0 Å². The van der Waals surface area contributed by atoms with Gasteiger partial charge < -0.3 is 15.5 Å². The molecule has 0 aliphatic carbocycles. The van der Waals surface area contributed by atoms with E-state index < -0.39 is 0 Å². The average molecular weight is 238 g/mol. The first-order valence-corrected chi connectivity index (χ1v) is 5.47. The monoisotopic (exact) mass is 238 g/mol. The van der Waals surface area contributed by atoms with Crippen LogP contribution in [0.5, 0.6) is 0 Å². The second-order valence-electron chi connectivity index (χ2n) is 3.03. The van der Waals surface area contributed by atoms with Crippen molar-refractivity contribution in [2.75, 3.05) is 12.3 Å². The third-order valence-corrected chi connectivity index (χ3v) is 2.62. The molecule has 0 atom stereocenters. The smallest absolute Gasteiger partial charge is 0.282 e. The van der Waals surface area contributed by atoms with Gasteiger partial charge in [0.15, 0.2) is 0 Å². The molecule has 0 saturated heterocycles. The second kappa shape index (κ2) is 4.75. The SMILES string of the molecule is Nc1nnc(C(=O)NCCc2ccco2)s1. The zero-order valence-electron chi connectivity index (χ0n) is 8.34. The van der Waals surface area contributed by atoms with Gasteiger partial charge in [0.2, 0.25) is 10.1 Å². The summed E-state index contributed by atoms with van der Waals surface area (Å²) >= 11 is 1.06. The molecule has 2 aromatic rings. The molecule has 0 unspecified atom stereocenters. The quantitative estimate of drug-likeness (QED) is 0.817. The van der Waals surface area contributed by atoms with Crippen molar-refractivity contribution < 1.29 is 9.21 Å². The maximum absolute atomic E-state index is 11.5. The molecule has 0 fully saturated rings. The third kappa shape index (κ3) is 2.57. The second-order valence-corrected chi connectivity index (χ2v) is 4.04. The third-order valence-electron chi connectivity index (χ3n) is 1.87. The van der Waals surface area contributed by atoms with Gasteiger partial charge in [0.05, 0.1) is 6.26 Å². The van der Waals surface area contributed by atoms with Crippen LogP contribution in [0.25, 0.3) is 0 Å². The predicted octanol–water partition coefficient (Wildman–Crippen LogP) is 0.686. The Hall–Kier alpha value is -1.89. The van der Waals surface area contributed by atoms with Gasteiger partial charge in [0.1, 0.15) is 5.76 Å². The molecule has 0 saturated carbocycles. The Morgan fingerprint density at radius 3 is 3.06 bits per heavy atom. The molecule has 6 nitrogen and oxygen atoms in total. The lowest BCUT2D eigenvalue weighted by molar-refractivity contribution is 0.0952. The van der Waals surface area contributed by atoms with Crippen LogP contribution in [0.3, 0.4) is 0 Å². The van der Waals surface area contributed by atoms with Gasteiger partial charge in [-0.15, -0.1) is 10.2 Å². The highest BCUT2D eigenvalue weighted by molar-refractivity contribution is 7.16. The summed E-state index contributed by atoms with van der Waals surface area (Å²) in [5.74, 6) is 0.567. The molecule has 84 valence electrons. The summed E-state index contributed by atoms with van der Waals surface area (Å²) in [6, 6.07) is 3.66. The van der Waals surface area contributed by atoms with Crippen LogP contribution < -0.4 is 11.1 Å². The summed E-state index contributed by atoms with van der Waals surface area (Å²) < 4.78 is 5.13. The minimum atomic E-state index is -0.263. The minimum absolute atomic E-state index is 0.263. The Morgan fingerprint density at radius 1 is 1.56 bits per heavy atom. The number of anilines is 1. The fraction of sp³-hybridized carbons (Fsp3) is 0.222. The number of furan rings is 1. The molecular weight excluding hydrogens is 228 g/mol. The largest absolute Gasteiger partial charge is 0.469 e. The normalized spacial score (nSPS) is 10.2. The Labute approximate surface area is 95.5 Å². The first-order valence-electron chi connectivity index (χ1n) is 4.65. The zero-order chi connectivity index (χ0) is 11.4. The van der Waals surface area contributed by atoms with Crippen molar-refractivity contribution in [1.29, 1.82) is 0 Å². The molecule has 0 bridgehead atoms. The van der Waals surface area contributed by atoms with Crippen molar-refractivity contribution in [3.05, 3.63) is 29.2 Å². The van der Waals surface area contributed by atoms with Crippen molar-refractivity contribution in [3.63, 3.8) is 0 Å². The fourth-order valence-corrected chi connectivity index (χ4v) is 1.68. The summed E-state index contributed by atoms with van der Waals surface area (Å²) in [6.45, 7) is 0.492. The van der Waals surface area contributed by atoms with Crippen molar-refractivity contribution >= 4 is 22.4 Å². The highest BCUT2D eigenvalue weighted by Gasteiger charge is 2.10. The Morgan fingerprint density at radius 2 is 2.44 bits per heavy atom. The molecule has 0 aromatic carbocycles. The molecule has 0 aliphatic rings. The van der Waals surface area contributed by atoms with E-state index in [9.17, 15) is 4.79 Å². The highest BCUT2D eigenvalue weighted by Crippen LogP contribution is 2.10. The molecule has 3 N–H and O–H groups in total. The van der Waals surface area contributed by atoms with Gasteiger partial charge in [-0.1, -0.05) is 11.3 Å². The fourth-order valence-electron chi connectivity index (χ4n) is 1.16. The first kappa shape index (κ1) is 10.6. The number of carbonyl (C=O) groups is 1. The molecule has 2 heterocycles. The minimum Gasteiger partial charge on any atom is -0.469 e. The van der Waals surface area contributed by atoms with Crippen molar-refractivity contribution in [2.45, 2.75) is 6.42 Å². The maximum Gasteiger partial charge on any atom is 0.282 e. The van der Waals surface area contributed by atoms with Crippen LogP contribution in [0.4, 0.5) is 5.13 Å². The summed E-state index contributed by atoms with van der Waals surface area (Å²) in [6.07, 6.45) is 2.25. The molecule has 1 amide bonds. The van der Waals surface area contributed by atoms with E-state index in [0.29, 0.717) is 13.0 Å². The first-order chi connectivity index (χ1) is 7.75. The van der Waals surface area contributed by atoms with Crippen LogP contribution in [-0.4, -0.2) is 22.6 Å². The number of hydrogen-bond acceptors (Lipinski definition) is 6. The number of nitrogens with two attached hydrogens (primary N) is 1. The van der Waals surface area contributed by atoms with E-state index in [1.165, 1.54) is 0 Å². The topological polar surface area (TPSA) is 94.0 Å². The van der Waals surface area contributed by atoms with Crippen LogP contribution in [-0.2, 0) is 6.42 Å². The standard InChI is InChI=1S/C9H10N4O2S/c10-9-13-12-8(16-9)7(14)11-4-3-6-2-1-5-15-6/h1-2,5H,3-4H2,(H2,10,13)(H,11,14). The summed E-state index contributed by atoms with van der Waals surface area (Å²) in [5.41, 5.74) is 5.37. The Bertz CT molecular complexity index is 466. The number of nitrogen functional groups attached to an aromatic ring is 1. The van der Waals surface area contributed by atoms with Gasteiger partial charge in [-0.3, -0.25) is 4.79 Å². The highest BCUT2D eigenvalue weighted by atomic mass is 32.1. The lowest BCUT2D eigenvalue weighted by Gasteiger charge is -1.99. The summed E-state index contributed by atoms with van der Waals surface area (Å²) in [4.78, 5) is 11.5. The summed E-state index contributed by atoms with van der Waals surface area (Å²) in [5, 5.41) is 10.5. The van der Waals surface area contributed by atoms with E-state index in [1.54, 1.807) is 6.26 Å². The number of amides is 1. The van der Waals surface area contributed by atoms with Gasteiger partial charge in [0, 0.05) is 13.0 Å². The molecule has 0 spiro atoms. The number of rotatable bonds is 4. The zero-order valence-corrected chi connectivity index (χ0v) is 9.16. The molecular formula is C9H10N4O2S. The molecule has 2 aromatic heterocycles. The van der Waals surface area contributed by atoms with E-state index in [4.69, 9.17) is 10.2 Å². The number of hydrogen-bond donors (Lipinski definition) is 2. The number of nitrogens with zero attached hydrogens (tertiary/aromatic N) is 2. The van der Waals surface area contributed by atoms with E-state index in [2.05, 4.69) is 15.5 Å². The molecule has 2 rings (SSSR count). The van der Waals surface area contributed by atoms with Gasteiger partial charge in [0.25, 0.3) is 5.91 Å². The Kier molecular flexibility index (Phi) is 3.16. The van der Waals surface area contributed by atoms with Crippen LogP contribution in [0.1, 0.15) is 15.6 Å². The molecule has 0 radical (unpaired) electrons. The lowest BCUT2D eigenvalue weighted by Crippen LogP contribution is -2.25. The van der Waals surface area contributed by atoms with Crippen molar-refractivity contribution in [3.8, 4) is 0 Å². The van der Waals surface area contributed by atoms with Gasteiger partial charge >= 0.3 is 0 Å².